The van der Waals surface area contributed by atoms with Gasteiger partial charge in [-0.05, 0) is 68.8 Å². The molecule has 8 aromatic rings. The van der Waals surface area contributed by atoms with E-state index in [4.69, 9.17) is 9.97 Å². The Morgan fingerprint density at radius 2 is 1.09 bits per heavy atom. The molecule has 0 bridgehead atoms. The van der Waals surface area contributed by atoms with Crippen molar-refractivity contribution < 1.29 is 0 Å². The first-order valence-electron chi connectivity index (χ1n) is 15.8. The second kappa shape index (κ2) is 10.1. The molecule has 2 aromatic heterocycles. The summed E-state index contributed by atoms with van der Waals surface area (Å²) in [6, 6.07) is 52.1. The van der Waals surface area contributed by atoms with Crippen LogP contribution in [0.4, 0.5) is 0 Å². The summed E-state index contributed by atoms with van der Waals surface area (Å²) in [7, 11) is 0. The van der Waals surface area contributed by atoms with Gasteiger partial charge in [0.05, 0.1) is 16.7 Å². The zero-order valence-electron chi connectivity index (χ0n) is 25.8. The number of hydrogen-bond acceptors (Lipinski definition) is 2. The third kappa shape index (κ3) is 4.05. The molecule has 0 aliphatic heterocycles. The van der Waals surface area contributed by atoms with E-state index in [0.717, 1.165) is 22.3 Å². The summed E-state index contributed by atoms with van der Waals surface area (Å²) in [5, 5.41) is 2.43. The predicted molar refractivity (Wildman–Crippen MR) is 190 cm³/mol. The van der Waals surface area contributed by atoms with Crippen molar-refractivity contribution in [1.82, 2.24) is 14.5 Å². The van der Waals surface area contributed by atoms with E-state index in [0.29, 0.717) is 5.95 Å². The Labute approximate surface area is 268 Å². The van der Waals surface area contributed by atoms with E-state index in [2.05, 4.69) is 152 Å². The second-order valence-electron chi connectivity index (χ2n) is 12.7. The smallest absolute Gasteiger partial charge is 0.235 e. The molecule has 1 aliphatic rings. The Kier molecular flexibility index (Phi) is 5.85. The van der Waals surface area contributed by atoms with Crippen LogP contribution in [-0.4, -0.2) is 14.5 Å². The summed E-state index contributed by atoms with van der Waals surface area (Å²) < 4.78 is 2.23. The predicted octanol–water partition coefficient (Wildman–Crippen LogP) is 10.9. The van der Waals surface area contributed by atoms with E-state index in [1.807, 2.05) is 18.3 Å². The molecule has 0 saturated heterocycles. The third-order valence-electron chi connectivity index (χ3n) is 9.72. The van der Waals surface area contributed by atoms with Gasteiger partial charge in [-0.25, -0.2) is 9.97 Å². The average Bonchev–Trinajstić information content (AvgIpc) is 3.56. The fourth-order valence-electron chi connectivity index (χ4n) is 7.31. The van der Waals surface area contributed by atoms with Gasteiger partial charge in [0, 0.05) is 27.9 Å². The fraction of sp³-hybridized carbons (Fsp3) is 0.0698. The topological polar surface area (TPSA) is 30.7 Å². The summed E-state index contributed by atoms with van der Waals surface area (Å²) >= 11 is 0. The highest BCUT2D eigenvalue weighted by atomic mass is 15.2. The third-order valence-corrected chi connectivity index (χ3v) is 9.72. The van der Waals surface area contributed by atoms with Gasteiger partial charge in [0.2, 0.25) is 5.95 Å². The van der Waals surface area contributed by atoms with Gasteiger partial charge in [-0.1, -0.05) is 135 Å². The Morgan fingerprint density at radius 3 is 1.83 bits per heavy atom. The number of para-hydroxylation sites is 1. The molecule has 3 heteroatoms. The molecule has 0 atom stereocenters. The van der Waals surface area contributed by atoms with Crippen molar-refractivity contribution in [2.75, 3.05) is 0 Å². The van der Waals surface area contributed by atoms with Crippen molar-refractivity contribution in [2.45, 2.75) is 19.3 Å². The van der Waals surface area contributed by atoms with Crippen molar-refractivity contribution in [3.63, 3.8) is 0 Å². The molecule has 46 heavy (non-hydrogen) atoms. The molecule has 0 spiro atoms. The molecule has 0 fully saturated rings. The Balaban J connectivity index is 1.12. The lowest BCUT2D eigenvalue weighted by Crippen LogP contribution is -2.15. The zero-order chi connectivity index (χ0) is 30.8. The first-order valence-corrected chi connectivity index (χ1v) is 15.8. The molecule has 9 rings (SSSR count). The van der Waals surface area contributed by atoms with E-state index < -0.39 is 0 Å². The quantitative estimate of drug-likeness (QED) is 0.204. The molecule has 2 heterocycles. The van der Waals surface area contributed by atoms with Crippen LogP contribution in [-0.2, 0) is 5.41 Å². The number of hydrogen-bond donors (Lipinski definition) is 0. The largest absolute Gasteiger partial charge is 0.278 e. The lowest BCUT2D eigenvalue weighted by molar-refractivity contribution is 0.661. The van der Waals surface area contributed by atoms with Gasteiger partial charge in [-0.3, -0.25) is 4.57 Å². The maximum absolute atomic E-state index is 5.15. The highest BCUT2D eigenvalue weighted by molar-refractivity contribution is 6.11. The van der Waals surface area contributed by atoms with Gasteiger partial charge < -0.3 is 0 Å². The molecule has 1 aliphatic carbocycles. The molecule has 0 unspecified atom stereocenters. The van der Waals surface area contributed by atoms with E-state index in [9.17, 15) is 0 Å². The van der Waals surface area contributed by atoms with E-state index >= 15 is 0 Å². The molecular formula is C43H31N3. The fourth-order valence-corrected chi connectivity index (χ4v) is 7.31. The van der Waals surface area contributed by atoms with Gasteiger partial charge >= 0.3 is 0 Å². The molecule has 0 N–H and O–H groups in total. The Hall–Kier alpha value is -5.80. The molecule has 0 radical (unpaired) electrons. The highest BCUT2D eigenvalue weighted by Gasteiger charge is 2.36. The highest BCUT2D eigenvalue weighted by Crippen LogP contribution is 2.50. The standard InChI is InChI=1S/C43H31N3/c1-43(2)37-14-8-6-12-33(37)35-26-36-34-13-7-9-15-40(34)46(41(36)27-38(35)43)42-44-25-24-39(45-42)32-22-20-31(21-23-32)30-18-16-29(17-19-30)28-10-4-3-5-11-28/h3-27H,1-2H3. The first-order chi connectivity index (χ1) is 22.6. The number of benzene rings is 6. The molecule has 0 saturated carbocycles. The Morgan fingerprint density at radius 1 is 0.478 bits per heavy atom. The summed E-state index contributed by atoms with van der Waals surface area (Å²) in [5.41, 5.74) is 14.3. The van der Waals surface area contributed by atoms with Gasteiger partial charge in [-0.2, -0.15) is 0 Å². The molecule has 218 valence electrons. The monoisotopic (exact) mass is 589 g/mol. The van der Waals surface area contributed by atoms with Crippen LogP contribution in [0.25, 0.3) is 72.4 Å². The van der Waals surface area contributed by atoms with Crippen molar-refractivity contribution in [2.24, 2.45) is 0 Å². The van der Waals surface area contributed by atoms with Crippen LogP contribution < -0.4 is 0 Å². The normalized spacial score (nSPS) is 13.2. The van der Waals surface area contributed by atoms with Gasteiger partial charge in [-0.15, -0.1) is 0 Å². The van der Waals surface area contributed by atoms with Crippen LogP contribution >= 0.6 is 0 Å². The van der Waals surface area contributed by atoms with Gasteiger partial charge in [0.1, 0.15) is 0 Å². The number of aromatic nitrogens is 3. The van der Waals surface area contributed by atoms with E-state index in [-0.39, 0.29) is 5.41 Å². The van der Waals surface area contributed by atoms with Crippen molar-refractivity contribution in [3.05, 3.63) is 163 Å². The molecular weight excluding hydrogens is 558 g/mol. The number of nitrogens with zero attached hydrogens (tertiary/aromatic N) is 3. The minimum Gasteiger partial charge on any atom is -0.278 e. The summed E-state index contributed by atoms with van der Waals surface area (Å²) in [5.74, 6) is 0.678. The first kappa shape index (κ1) is 26.6. The zero-order valence-corrected chi connectivity index (χ0v) is 25.8. The van der Waals surface area contributed by atoms with Crippen LogP contribution in [0.2, 0.25) is 0 Å². The summed E-state index contributed by atoms with van der Waals surface area (Å²) in [6.45, 7) is 4.66. The maximum atomic E-state index is 5.15. The minimum absolute atomic E-state index is 0.0896. The lowest BCUT2D eigenvalue weighted by atomic mass is 9.82. The van der Waals surface area contributed by atoms with Crippen LogP contribution in [0.1, 0.15) is 25.0 Å². The number of fused-ring (bicyclic) bond motifs is 6. The van der Waals surface area contributed by atoms with Crippen molar-refractivity contribution in [1.29, 1.82) is 0 Å². The van der Waals surface area contributed by atoms with E-state index in [1.165, 1.54) is 55.3 Å². The van der Waals surface area contributed by atoms with Crippen LogP contribution in [0.3, 0.4) is 0 Å². The average molecular weight is 590 g/mol. The van der Waals surface area contributed by atoms with Crippen LogP contribution in [0, 0.1) is 0 Å². The molecule has 3 nitrogen and oxygen atoms in total. The SMILES string of the molecule is CC1(C)c2ccccc2-c2cc3c4ccccc4n(-c4nccc(-c5ccc(-c6ccc(-c7ccccc7)cc6)cc5)n4)c3cc21. The number of rotatable bonds is 4. The lowest BCUT2D eigenvalue weighted by Gasteiger charge is -2.21. The van der Waals surface area contributed by atoms with Crippen molar-refractivity contribution in [3.8, 4) is 50.6 Å². The molecule has 6 aromatic carbocycles. The summed E-state index contributed by atoms with van der Waals surface area (Å²) in [6.07, 6.45) is 1.88. The minimum atomic E-state index is -0.0896. The van der Waals surface area contributed by atoms with Gasteiger partial charge in [0.15, 0.2) is 0 Å². The summed E-state index contributed by atoms with van der Waals surface area (Å²) in [4.78, 5) is 9.98. The Bertz CT molecular complexity index is 2420. The maximum Gasteiger partial charge on any atom is 0.235 e. The van der Waals surface area contributed by atoms with Crippen LogP contribution in [0.5, 0.6) is 0 Å². The van der Waals surface area contributed by atoms with Crippen molar-refractivity contribution >= 4 is 21.8 Å². The molecule has 0 amide bonds. The second-order valence-corrected chi connectivity index (χ2v) is 12.7. The van der Waals surface area contributed by atoms with E-state index in [1.54, 1.807) is 0 Å². The van der Waals surface area contributed by atoms with Gasteiger partial charge in [0.25, 0.3) is 0 Å². The van der Waals surface area contributed by atoms with Crippen LogP contribution in [0.15, 0.2) is 152 Å².